The van der Waals surface area contributed by atoms with Crippen molar-refractivity contribution in [2.24, 2.45) is 5.92 Å². The number of aromatic nitrogens is 1. The molecule has 1 aromatic rings. The van der Waals surface area contributed by atoms with Crippen LogP contribution in [0.2, 0.25) is 0 Å². The van der Waals surface area contributed by atoms with Crippen molar-refractivity contribution >= 4 is 17.4 Å². The van der Waals surface area contributed by atoms with Crippen molar-refractivity contribution in [3.63, 3.8) is 0 Å². The van der Waals surface area contributed by atoms with E-state index in [1.807, 2.05) is 37.4 Å². The molecule has 0 bridgehead atoms. The summed E-state index contributed by atoms with van der Waals surface area (Å²) in [6.07, 6.45) is 2.74. The summed E-state index contributed by atoms with van der Waals surface area (Å²) >= 11 is 1.67. The smallest absolute Gasteiger partial charge is 0.410 e. The van der Waals surface area contributed by atoms with Crippen molar-refractivity contribution in [3.8, 4) is 0 Å². The first-order valence-electron chi connectivity index (χ1n) is 7.45. The summed E-state index contributed by atoms with van der Waals surface area (Å²) < 4.78 is 5.41. The molecule has 21 heavy (non-hydrogen) atoms. The monoisotopic (exact) mass is 311 g/mol. The van der Waals surface area contributed by atoms with Gasteiger partial charge >= 0.3 is 6.09 Å². The van der Waals surface area contributed by atoms with Crippen LogP contribution in [0, 0.1) is 5.92 Å². The Hall–Kier alpha value is -1.14. The number of likely N-dealkylation sites (tertiary alicyclic amines) is 1. The van der Waals surface area contributed by atoms with Gasteiger partial charge in [0.25, 0.3) is 0 Å². The lowest BCUT2D eigenvalue weighted by Crippen LogP contribution is -2.36. The molecular formula is C15H25N3O2S. The van der Waals surface area contributed by atoms with Gasteiger partial charge in [-0.1, -0.05) is 0 Å². The van der Waals surface area contributed by atoms with Crippen LogP contribution in [0.25, 0.3) is 0 Å². The molecule has 1 N–H and O–H groups in total. The largest absolute Gasteiger partial charge is 0.444 e. The van der Waals surface area contributed by atoms with E-state index in [0.29, 0.717) is 12.0 Å². The third-order valence-corrected chi connectivity index (χ3v) is 4.49. The molecule has 0 radical (unpaired) electrons. The van der Waals surface area contributed by atoms with Crippen LogP contribution in [0.4, 0.5) is 4.79 Å². The lowest BCUT2D eigenvalue weighted by molar-refractivity contribution is 0.0288. The van der Waals surface area contributed by atoms with Crippen molar-refractivity contribution in [1.82, 2.24) is 15.2 Å². The fourth-order valence-electron chi connectivity index (χ4n) is 2.38. The van der Waals surface area contributed by atoms with Crippen LogP contribution in [0.3, 0.4) is 0 Å². The average molecular weight is 311 g/mol. The maximum atomic E-state index is 12.0. The minimum Gasteiger partial charge on any atom is -0.444 e. The topological polar surface area (TPSA) is 54.5 Å². The average Bonchev–Trinajstić information content (AvgIpc) is 3.05. The van der Waals surface area contributed by atoms with E-state index in [1.165, 1.54) is 4.88 Å². The van der Waals surface area contributed by atoms with Gasteiger partial charge in [0.15, 0.2) is 0 Å². The Morgan fingerprint density at radius 3 is 3.00 bits per heavy atom. The predicted molar refractivity (Wildman–Crippen MR) is 84.4 cm³/mol. The van der Waals surface area contributed by atoms with Gasteiger partial charge in [0.2, 0.25) is 0 Å². The van der Waals surface area contributed by atoms with E-state index in [0.717, 1.165) is 26.1 Å². The summed E-state index contributed by atoms with van der Waals surface area (Å²) in [5.74, 6) is 0.493. The molecular weight excluding hydrogens is 286 g/mol. The molecule has 1 fully saturated rings. The normalized spacial score (nSPS) is 20.6. The molecule has 2 rings (SSSR count). The molecule has 1 aliphatic rings. The SMILES string of the molecule is CC(NCC1CCN(C(=O)OC(C)(C)C)C1)c1cncs1. The lowest BCUT2D eigenvalue weighted by atomic mass is 10.1. The van der Waals surface area contributed by atoms with Gasteiger partial charge in [0.1, 0.15) is 5.60 Å². The Balaban J connectivity index is 1.74. The van der Waals surface area contributed by atoms with E-state index in [1.54, 1.807) is 11.3 Å². The summed E-state index contributed by atoms with van der Waals surface area (Å²) in [4.78, 5) is 19.2. The molecule has 2 heterocycles. The molecule has 0 aromatic carbocycles. The van der Waals surface area contributed by atoms with Gasteiger partial charge in [-0.3, -0.25) is 4.98 Å². The summed E-state index contributed by atoms with van der Waals surface area (Å²) in [6, 6.07) is 0.313. The van der Waals surface area contributed by atoms with Crippen LogP contribution in [-0.2, 0) is 4.74 Å². The number of nitrogens with zero attached hydrogens (tertiary/aromatic N) is 2. The molecule has 2 atom stereocenters. The summed E-state index contributed by atoms with van der Waals surface area (Å²) in [5.41, 5.74) is 1.43. The first-order valence-corrected chi connectivity index (χ1v) is 8.33. The number of thiazole rings is 1. The van der Waals surface area contributed by atoms with Crippen molar-refractivity contribution in [3.05, 3.63) is 16.6 Å². The molecule has 0 saturated carbocycles. The van der Waals surface area contributed by atoms with Gasteiger partial charge < -0.3 is 15.0 Å². The molecule has 118 valence electrons. The van der Waals surface area contributed by atoms with Crippen LogP contribution in [-0.4, -0.2) is 41.2 Å². The van der Waals surface area contributed by atoms with Crippen LogP contribution in [0.5, 0.6) is 0 Å². The Morgan fingerprint density at radius 1 is 1.62 bits per heavy atom. The number of rotatable bonds is 4. The van der Waals surface area contributed by atoms with Gasteiger partial charge in [0.05, 0.1) is 5.51 Å². The van der Waals surface area contributed by atoms with Crippen molar-refractivity contribution in [2.45, 2.75) is 45.8 Å². The first kappa shape index (κ1) is 16.2. The third kappa shape index (κ3) is 4.97. The molecule has 2 unspecified atom stereocenters. The van der Waals surface area contributed by atoms with E-state index < -0.39 is 5.60 Å². The molecule has 0 aliphatic carbocycles. The number of nitrogens with one attached hydrogen (secondary N) is 1. The maximum absolute atomic E-state index is 12.0. The number of carbonyl (C=O) groups excluding carboxylic acids is 1. The van der Waals surface area contributed by atoms with Crippen molar-refractivity contribution < 1.29 is 9.53 Å². The Morgan fingerprint density at radius 2 is 2.38 bits per heavy atom. The molecule has 1 aliphatic heterocycles. The molecule has 6 heteroatoms. The molecule has 1 aromatic heterocycles. The summed E-state index contributed by atoms with van der Waals surface area (Å²) in [7, 11) is 0. The van der Waals surface area contributed by atoms with Gasteiger partial charge in [-0.15, -0.1) is 11.3 Å². The minimum absolute atomic E-state index is 0.194. The fraction of sp³-hybridized carbons (Fsp3) is 0.733. The van der Waals surface area contributed by atoms with Crippen LogP contribution in [0.15, 0.2) is 11.7 Å². The standard InChI is InChI=1S/C15H25N3O2S/c1-11(13-8-16-10-21-13)17-7-12-5-6-18(9-12)14(19)20-15(2,3)4/h8,10-12,17H,5-7,9H2,1-4H3. The summed E-state index contributed by atoms with van der Waals surface area (Å²) in [6.45, 7) is 10.3. The second kappa shape index (κ2) is 6.75. The lowest BCUT2D eigenvalue weighted by Gasteiger charge is -2.24. The molecule has 0 spiro atoms. The predicted octanol–water partition coefficient (Wildman–Crippen LogP) is 3.05. The van der Waals surface area contributed by atoms with Crippen LogP contribution < -0.4 is 5.32 Å². The van der Waals surface area contributed by atoms with E-state index in [-0.39, 0.29) is 6.09 Å². The molecule has 1 saturated heterocycles. The number of hydrogen-bond acceptors (Lipinski definition) is 5. The number of amides is 1. The van der Waals surface area contributed by atoms with Gasteiger partial charge in [-0.25, -0.2) is 4.79 Å². The number of carbonyl (C=O) groups is 1. The molecule has 5 nitrogen and oxygen atoms in total. The highest BCUT2D eigenvalue weighted by Crippen LogP contribution is 2.21. The second-order valence-corrected chi connectivity index (χ2v) is 7.53. The third-order valence-electron chi connectivity index (χ3n) is 3.53. The zero-order valence-electron chi connectivity index (χ0n) is 13.3. The van der Waals surface area contributed by atoms with Gasteiger partial charge in [0, 0.05) is 36.8 Å². The van der Waals surface area contributed by atoms with Crippen LogP contribution >= 0.6 is 11.3 Å². The van der Waals surface area contributed by atoms with Crippen molar-refractivity contribution in [2.75, 3.05) is 19.6 Å². The van der Waals surface area contributed by atoms with E-state index in [4.69, 9.17) is 4.74 Å². The fourth-order valence-corrected chi connectivity index (χ4v) is 3.03. The highest BCUT2D eigenvalue weighted by atomic mass is 32.1. The van der Waals surface area contributed by atoms with Crippen LogP contribution in [0.1, 0.15) is 45.0 Å². The molecule has 1 amide bonds. The number of ether oxygens (including phenoxy) is 1. The highest BCUT2D eigenvalue weighted by Gasteiger charge is 2.29. The Bertz CT molecular complexity index is 456. The first-order chi connectivity index (χ1) is 9.85. The quantitative estimate of drug-likeness (QED) is 0.928. The summed E-state index contributed by atoms with van der Waals surface area (Å²) in [5, 5.41) is 3.53. The zero-order chi connectivity index (χ0) is 15.5. The van der Waals surface area contributed by atoms with Gasteiger partial charge in [-0.2, -0.15) is 0 Å². The Kier molecular flexibility index (Phi) is 5.22. The zero-order valence-corrected chi connectivity index (χ0v) is 14.1. The Labute approximate surface area is 130 Å². The minimum atomic E-state index is -0.423. The van der Waals surface area contributed by atoms with E-state index in [9.17, 15) is 4.79 Å². The van der Waals surface area contributed by atoms with Crippen molar-refractivity contribution in [1.29, 1.82) is 0 Å². The van der Waals surface area contributed by atoms with Gasteiger partial charge in [-0.05, 0) is 40.0 Å². The maximum Gasteiger partial charge on any atom is 0.410 e. The second-order valence-electron chi connectivity index (χ2n) is 6.61. The number of hydrogen-bond donors (Lipinski definition) is 1. The van der Waals surface area contributed by atoms with E-state index >= 15 is 0 Å². The highest BCUT2D eigenvalue weighted by molar-refractivity contribution is 7.09. The van der Waals surface area contributed by atoms with E-state index in [2.05, 4.69) is 17.2 Å².